The summed E-state index contributed by atoms with van der Waals surface area (Å²) >= 11 is 5.96. The van der Waals surface area contributed by atoms with Crippen LogP contribution < -0.4 is 5.73 Å². The fourth-order valence-electron chi connectivity index (χ4n) is 5.05. The number of terminal acetylenes is 1. The van der Waals surface area contributed by atoms with E-state index in [0.717, 1.165) is 18.2 Å². The van der Waals surface area contributed by atoms with Crippen LogP contribution in [-0.4, -0.2) is 40.3 Å². The average Bonchev–Trinajstić information content (AvgIpc) is 3.38. The number of halogens is 1. The van der Waals surface area contributed by atoms with Crippen LogP contribution in [0, 0.1) is 12.8 Å². The van der Waals surface area contributed by atoms with Gasteiger partial charge in [-0.3, -0.25) is 4.79 Å². The highest BCUT2D eigenvalue weighted by atomic mass is 35.5. The molecule has 7 nitrogen and oxygen atoms in total. The molecule has 232 valence electrons. The number of anilines is 1. The molecule has 0 fully saturated rings. The zero-order chi connectivity index (χ0) is 30.1. The Hall–Kier alpha value is -2.30. The molecule has 1 unspecified atom stereocenters. The minimum absolute atomic E-state index is 0.126. The number of nitrogens with two attached hydrogens (primary N) is 1. The second-order valence-electron chi connectivity index (χ2n) is 10.9. The molecular weight excluding hydrogens is 536 g/mol. The highest BCUT2D eigenvalue weighted by Crippen LogP contribution is 2.21. The number of nitrogen functional groups attached to an aromatic ring is 1. The number of rotatable bonds is 24. The lowest BCUT2D eigenvalue weighted by Gasteiger charge is -2.16. The van der Waals surface area contributed by atoms with Crippen LogP contribution in [0.4, 0.5) is 5.82 Å². The number of aromatic nitrogens is 3. The Morgan fingerprint density at radius 2 is 1.41 bits per heavy atom. The molecule has 0 aromatic carbocycles. The van der Waals surface area contributed by atoms with Gasteiger partial charge in [0.1, 0.15) is 18.1 Å². The summed E-state index contributed by atoms with van der Waals surface area (Å²) in [7, 11) is 1.64. The molecule has 0 aliphatic heterocycles. The van der Waals surface area contributed by atoms with Crippen LogP contribution in [0.15, 0.2) is 12.3 Å². The van der Waals surface area contributed by atoms with Crippen molar-refractivity contribution in [1.82, 2.24) is 14.5 Å². The van der Waals surface area contributed by atoms with Crippen molar-refractivity contribution in [3.05, 3.63) is 17.5 Å². The molecule has 2 N–H and O–H groups in total. The van der Waals surface area contributed by atoms with Crippen molar-refractivity contribution in [2.24, 2.45) is 0 Å². The number of fused-ring (bicyclic) bond motifs is 1. The summed E-state index contributed by atoms with van der Waals surface area (Å²) < 4.78 is 13.0. The summed E-state index contributed by atoms with van der Waals surface area (Å²) in [6.45, 7) is 3.18. The summed E-state index contributed by atoms with van der Waals surface area (Å²) in [6, 6.07) is 1.88. The Labute approximate surface area is 254 Å². The van der Waals surface area contributed by atoms with Gasteiger partial charge >= 0.3 is 5.97 Å². The third-order valence-corrected chi connectivity index (χ3v) is 7.73. The van der Waals surface area contributed by atoms with Crippen molar-refractivity contribution in [3.63, 3.8) is 0 Å². The van der Waals surface area contributed by atoms with Crippen molar-refractivity contribution < 1.29 is 14.3 Å². The smallest absolute Gasteiger partial charge is 0.305 e. The molecule has 8 heteroatoms. The number of carbonyl (C=O) groups is 1. The van der Waals surface area contributed by atoms with Gasteiger partial charge in [-0.05, 0) is 30.5 Å². The normalized spacial score (nSPS) is 11.7. The molecule has 0 aliphatic rings. The second-order valence-corrected chi connectivity index (χ2v) is 11.2. The van der Waals surface area contributed by atoms with Crippen LogP contribution in [0.25, 0.3) is 11.0 Å². The van der Waals surface area contributed by atoms with Gasteiger partial charge in [0, 0.05) is 26.3 Å². The van der Waals surface area contributed by atoms with Crippen LogP contribution in [-0.2, 0) is 20.8 Å². The molecule has 0 saturated carbocycles. The summed E-state index contributed by atoms with van der Waals surface area (Å²) in [5, 5.41) is 0.899. The number of hydrogen-bond acceptors (Lipinski definition) is 6. The van der Waals surface area contributed by atoms with E-state index in [9.17, 15) is 4.79 Å². The average molecular weight is 591 g/mol. The Morgan fingerprint density at radius 3 is 1.93 bits per heavy atom. The molecular formula is C33H55ClN4O3. The lowest BCUT2D eigenvalue weighted by atomic mass is 10.0. The van der Waals surface area contributed by atoms with Crippen LogP contribution in [0.2, 0.25) is 5.28 Å². The lowest BCUT2D eigenvalue weighted by Crippen LogP contribution is -2.22. The van der Waals surface area contributed by atoms with Crippen molar-refractivity contribution in [3.8, 4) is 12.8 Å². The van der Waals surface area contributed by atoms with E-state index in [4.69, 9.17) is 26.8 Å². The van der Waals surface area contributed by atoms with Gasteiger partial charge in [-0.15, -0.1) is 12.8 Å². The first kappa shape index (κ1) is 36.7. The minimum Gasteiger partial charge on any atom is -0.463 e. The van der Waals surface area contributed by atoms with E-state index in [2.05, 4.69) is 29.7 Å². The molecule has 0 aliphatic carbocycles. The van der Waals surface area contributed by atoms with E-state index in [0.29, 0.717) is 30.9 Å². The number of nitrogens with zero attached hydrogens (tertiary/aromatic N) is 3. The topological polar surface area (TPSA) is 92.3 Å². The van der Waals surface area contributed by atoms with Gasteiger partial charge in [0.2, 0.25) is 5.28 Å². The van der Waals surface area contributed by atoms with Crippen LogP contribution in [0.5, 0.6) is 0 Å². The number of unbranched alkanes of at least 4 members (excludes halogenated alkanes) is 16. The molecule has 0 radical (unpaired) electrons. The first-order chi connectivity index (χ1) is 20.0. The summed E-state index contributed by atoms with van der Waals surface area (Å²) in [4.78, 5) is 20.4. The van der Waals surface area contributed by atoms with Gasteiger partial charge in [0.15, 0.2) is 0 Å². The van der Waals surface area contributed by atoms with Crippen LogP contribution in [0.1, 0.15) is 129 Å². The van der Waals surface area contributed by atoms with Gasteiger partial charge in [-0.1, -0.05) is 110 Å². The molecule has 0 amide bonds. The van der Waals surface area contributed by atoms with Crippen molar-refractivity contribution >= 4 is 34.4 Å². The van der Waals surface area contributed by atoms with Crippen molar-refractivity contribution in [1.29, 1.82) is 0 Å². The van der Waals surface area contributed by atoms with Crippen LogP contribution in [0.3, 0.4) is 0 Å². The first-order valence-electron chi connectivity index (χ1n) is 15.8. The predicted molar refractivity (Wildman–Crippen MR) is 172 cm³/mol. The third kappa shape index (κ3) is 16.7. The standard InChI is InChI=1S/C31H53ClN4O3.C2H2/c1-3-4-5-6-7-8-9-10-11-12-13-14-15-16-17-18-19-20-28(37)39-25-26(38-2)21-23-36-24-22-27-29(33)34-31(32)35-30(27)36;1-2/h22,24,26H,3-21,23,25H2,1-2H3,(H2,33,34,35);1-2H. The molecule has 2 aromatic heterocycles. The fraction of sp³-hybridized carbons (Fsp3) is 0.727. The maximum absolute atomic E-state index is 12.2. The van der Waals surface area contributed by atoms with Crippen molar-refractivity contribution in [2.45, 2.75) is 142 Å². The van der Waals surface area contributed by atoms with E-state index >= 15 is 0 Å². The molecule has 0 bridgehead atoms. The van der Waals surface area contributed by atoms with Gasteiger partial charge in [0.25, 0.3) is 0 Å². The second kappa shape index (κ2) is 24.3. The zero-order valence-electron chi connectivity index (χ0n) is 25.8. The fourth-order valence-corrected chi connectivity index (χ4v) is 5.22. The maximum Gasteiger partial charge on any atom is 0.305 e. The summed E-state index contributed by atoms with van der Waals surface area (Å²) in [6.07, 6.45) is 33.5. The minimum atomic E-state index is -0.184. The molecule has 1 atom stereocenters. The van der Waals surface area contributed by atoms with E-state index in [-0.39, 0.29) is 24.0 Å². The number of carbonyl (C=O) groups excluding carboxylic acids is 1. The molecule has 2 rings (SSSR count). The Bertz CT molecular complexity index is 963. The van der Waals surface area contributed by atoms with Crippen LogP contribution >= 0.6 is 11.6 Å². The molecule has 41 heavy (non-hydrogen) atoms. The largest absolute Gasteiger partial charge is 0.463 e. The Balaban J connectivity index is 0.00000411. The SMILES string of the molecule is C#C.CCCCCCCCCCCCCCCCCCCC(=O)OCC(CCn1ccc2c(N)nc(Cl)nc21)OC. The van der Waals surface area contributed by atoms with Crippen molar-refractivity contribution in [2.75, 3.05) is 19.5 Å². The van der Waals surface area contributed by atoms with Gasteiger partial charge in [-0.25, -0.2) is 4.98 Å². The highest BCUT2D eigenvalue weighted by molar-refractivity contribution is 6.28. The van der Waals surface area contributed by atoms with E-state index in [1.54, 1.807) is 7.11 Å². The predicted octanol–water partition coefficient (Wildman–Crippen LogP) is 8.91. The number of aryl methyl sites for hydroxylation is 1. The van der Waals surface area contributed by atoms with Gasteiger partial charge in [-0.2, -0.15) is 4.98 Å². The summed E-state index contributed by atoms with van der Waals surface area (Å²) in [5.41, 5.74) is 6.62. The zero-order valence-corrected chi connectivity index (χ0v) is 26.5. The van der Waals surface area contributed by atoms with E-state index in [1.807, 2.05) is 16.8 Å². The number of methoxy groups -OCH3 is 1. The Morgan fingerprint density at radius 1 is 0.902 bits per heavy atom. The summed E-state index contributed by atoms with van der Waals surface area (Å²) in [5.74, 6) is 0.224. The monoisotopic (exact) mass is 590 g/mol. The molecule has 2 aromatic rings. The molecule has 0 spiro atoms. The molecule has 0 saturated heterocycles. The third-order valence-electron chi connectivity index (χ3n) is 7.56. The lowest BCUT2D eigenvalue weighted by molar-refractivity contribution is -0.147. The van der Waals surface area contributed by atoms with E-state index < -0.39 is 0 Å². The van der Waals surface area contributed by atoms with E-state index in [1.165, 1.54) is 96.3 Å². The number of ether oxygens (including phenoxy) is 2. The Kier molecular flexibility index (Phi) is 21.8. The quantitative estimate of drug-likeness (QED) is 0.0568. The number of hydrogen-bond donors (Lipinski definition) is 1. The highest BCUT2D eigenvalue weighted by Gasteiger charge is 2.14. The number of esters is 1. The first-order valence-corrected chi connectivity index (χ1v) is 16.2. The maximum atomic E-state index is 12.2. The van der Waals surface area contributed by atoms with Gasteiger partial charge < -0.3 is 19.8 Å². The molecule has 2 heterocycles. The van der Waals surface area contributed by atoms with Gasteiger partial charge in [0.05, 0.1) is 11.5 Å².